The van der Waals surface area contributed by atoms with Crippen molar-refractivity contribution in [1.82, 2.24) is 5.32 Å². The zero-order valence-corrected chi connectivity index (χ0v) is 12.2. The van der Waals surface area contributed by atoms with Gasteiger partial charge in [0.1, 0.15) is 0 Å². The average molecular weight is 300 g/mol. The standard InChI is InChI=1S/C17H20N2O3/c20-11-14-8-15(12-21)10-16(9-14)19-17(22)18-7-6-13-4-2-1-3-5-13/h1-5,8-10,20-21H,6-7,11-12H2,(H2,18,19,22). The minimum absolute atomic E-state index is 0.141. The van der Waals surface area contributed by atoms with Crippen molar-refractivity contribution in [1.29, 1.82) is 0 Å². The number of carbonyl (C=O) groups is 1. The molecule has 2 rings (SSSR count). The van der Waals surface area contributed by atoms with Crippen LogP contribution in [0.2, 0.25) is 0 Å². The topological polar surface area (TPSA) is 81.6 Å². The summed E-state index contributed by atoms with van der Waals surface area (Å²) in [7, 11) is 0. The molecule has 0 fully saturated rings. The van der Waals surface area contributed by atoms with Crippen molar-refractivity contribution in [3.8, 4) is 0 Å². The molecule has 0 saturated heterocycles. The summed E-state index contributed by atoms with van der Waals surface area (Å²) in [5.74, 6) is 0. The summed E-state index contributed by atoms with van der Waals surface area (Å²) in [6.07, 6.45) is 0.757. The van der Waals surface area contributed by atoms with Crippen LogP contribution in [0.25, 0.3) is 0 Å². The van der Waals surface area contributed by atoms with Crippen molar-refractivity contribution in [2.75, 3.05) is 11.9 Å². The summed E-state index contributed by atoms with van der Waals surface area (Å²) in [6.45, 7) is 0.249. The van der Waals surface area contributed by atoms with E-state index in [9.17, 15) is 15.0 Å². The summed E-state index contributed by atoms with van der Waals surface area (Å²) in [5, 5.41) is 23.8. The fourth-order valence-corrected chi connectivity index (χ4v) is 2.16. The minimum Gasteiger partial charge on any atom is -0.392 e. The molecule has 4 N–H and O–H groups in total. The van der Waals surface area contributed by atoms with Crippen molar-refractivity contribution < 1.29 is 15.0 Å². The second kappa shape index (κ2) is 8.17. The van der Waals surface area contributed by atoms with Gasteiger partial charge in [-0.25, -0.2) is 4.79 Å². The molecular weight excluding hydrogens is 280 g/mol. The van der Waals surface area contributed by atoms with Gasteiger partial charge in [0.15, 0.2) is 0 Å². The lowest BCUT2D eigenvalue weighted by molar-refractivity contribution is 0.252. The molecule has 22 heavy (non-hydrogen) atoms. The lowest BCUT2D eigenvalue weighted by Crippen LogP contribution is -2.30. The van der Waals surface area contributed by atoms with E-state index in [1.54, 1.807) is 18.2 Å². The van der Waals surface area contributed by atoms with Gasteiger partial charge in [0.2, 0.25) is 0 Å². The predicted molar refractivity (Wildman–Crippen MR) is 85.5 cm³/mol. The number of hydrogen-bond donors (Lipinski definition) is 4. The molecule has 0 heterocycles. The van der Waals surface area contributed by atoms with E-state index in [-0.39, 0.29) is 19.2 Å². The zero-order valence-electron chi connectivity index (χ0n) is 12.2. The number of rotatable bonds is 6. The van der Waals surface area contributed by atoms with Crippen LogP contribution in [0.1, 0.15) is 16.7 Å². The molecule has 0 aliphatic rings. The van der Waals surface area contributed by atoms with E-state index in [0.717, 1.165) is 12.0 Å². The highest BCUT2D eigenvalue weighted by atomic mass is 16.3. The maximum Gasteiger partial charge on any atom is 0.319 e. The Bertz CT molecular complexity index is 592. The molecule has 2 aromatic carbocycles. The summed E-state index contributed by atoms with van der Waals surface area (Å²) in [5.41, 5.74) is 3.00. The van der Waals surface area contributed by atoms with Gasteiger partial charge in [-0.3, -0.25) is 0 Å². The Kier molecular flexibility index (Phi) is 5.94. The van der Waals surface area contributed by atoms with E-state index in [1.165, 1.54) is 0 Å². The molecule has 0 spiro atoms. The Morgan fingerprint density at radius 2 is 1.55 bits per heavy atom. The van der Waals surface area contributed by atoms with Crippen LogP contribution < -0.4 is 10.6 Å². The molecule has 0 aromatic heterocycles. The van der Waals surface area contributed by atoms with Crippen LogP contribution >= 0.6 is 0 Å². The van der Waals surface area contributed by atoms with Gasteiger partial charge in [-0.15, -0.1) is 0 Å². The average Bonchev–Trinajstić information content (AvgIpc) is 2.55. The van der Waals surface area contributed by atoms with Crippen molar-refractivity contribution in [3.05, 3.63) is 65.2 Å². The van der Waals surface area contributed by atoms with E-state index < -0.39 is 0 Å². The Labute approximate surface area is 129 Å². The molecule has 5 heteroatoms. The summed E-state index contributed by atoms with van der Waals surface area (Å²) in [4.78, 5) is 11.9. The summed E-state index contributed by atoms with van der Waals surface area (Å²) >= 11 is 0. The molecule has 0 atom stereocenters. The molecular formula is C17H20N2O3. The third-order valence-electron chi connectivity index (χ3n) is 3.22. The number of urea groups is 1. The number of amides is 2. The molecule has 2 amide bonds. The molecule has 0 aliphatic heterocycles. The molecule has 5 nitrogen and oxygen atoms in total. The lowest BCUT2D eigenvalue weighted by Gasteiger charge is -2.10. The molecule has 0 unspecified atom stereocenters. The number of carbonyl (C=O) groups excluding carboxylic acids is 1. The molecule has 116 valence electrons. The zero-order chi connectivity index (χ0) is 15.8. The van der Waals surface area contributed by atoms with E-state index in [0.29, 0.717) is 23.4 Å². The van der Waals surface area contributed by atoms with Gasteiger partial charge < -0.3 is 20.8 Å². The van der Waals surface area contributed by atoms with Crippen molar-refractivity contribution in [2.45, 2.75) is 19.6 Å². The first-order chi connectivity index (χ1) is 10.7. The van der Waals surface area contributed by atoms with Gasteiger partial charge in [0, 0.05) is 12.2 Å². The maximum absolute atomic E-state index is 11.9. The molecule has 2 aromatic rings. The lowest BCUT2D eigenvalue weighted by atomic mass is 10.1. The Morgan fingerprint density at radius 1 is 0.909 bits per heavy atom. The van der Waals surface area contributed by atoms with Crippen molar-refractivity contribution in [3.63, 3.8) is 0 Å². The van der Waals surface area contributed by atoms with Crippen LogP contribution in [0, 0.1) is 0 Å². The van der Waals surface area contributed by atoms with E-state index in [2.05, 4.69) is 10.6 Å². The van der Waals surface area contributed by atoms with E-state index in [1.807, 2.05) is 30.3 Å². The number of anilines is 1. The number of nitrogens with one attached hydrogen (secondary N) is 2. The molecule has 0 saturated carbocycles. The van der Waals surface area contributed by atoms with Gasteiger partial charge in [0.25, 0.3) is 0 Å². The Hall–Kier alpha value is -2.37. The maximum atomic E-state index is 11.9. The number of aliphatic hydroxyl groups excluding tert-OH is 2. The van der Waals surface area contributed by atoms with Crippen LogP contribution in [-0.2, 0) is 19.6 Å². The molecule has 0 bridgehead atoms. The Balaban J connectivity index is 1.86. The first kappa shape index (κ1) is 16.0. The van der Waals surface area contributed by atoms with Gasteiger partial charge in [0.05, 0.1) is 13.2 Å². The van der Waals surface area contributed by atoms with Crippen LogP contribution in [-0.4, -0.2) is 22.8 Å². The largest absolute Gasteiger partial charge is 0.392 e. The van der Waals surface area contributed by atoms with Crippen LogP contribution in [0.5, 0.6) is 0 Å². The SMILES string of the molecule is O=C(NCCc1ccccc1)Nc1cc(CO)cc(CO)c1. The van der Waals surface area contributed by atoms with Crippen LogP contribution in [0.15, 0.2) is 48.5 Å². The molecule has 0 radical (unpaired) electrons. The fraction of sp³-hybridized carbons (Fsp3) is 0.235. The second-order valence-corrected chi connectivity index (χ2v) is 4.97. The van der Waals surface area contributed by atoms with Gasteiger partial charge in [-0.1, -0.05) is 36.4 Å². The van der Waals surface area contributed by atoms with Crippen LogP contribution in [0.3, 0.4) is 0 Å². The first-order valence-corrected chi connectivity index (χ1v) is 7.14. The summed E-state index contributed by atoms with van der Waals surface area (Å²) < 4.78 is 0. The van der Waals surface area contributed by atoms with Crippen LogP contribution in [0.4, 0.5) is 10.5 Å². The Morgan fingerprint density at radius 3 is 2.14 bits per heavy atom. The monoisotopic (exact) mass is 300 g/mol. The predicted octanol–water partition coefficient (Wildman–Crippen LogP) is 2.04. The first-order valence-electron chi connectivity index (χ1n) is 7.14. The van der Waals surface area contributed by atoms with Gasteiger partial charge >= 0.3 is 6.03 Å². The number of hydrogen-bond acceptors (Lipinski definition) is 3. The van der Waals surface area contributed by atoms with Crippen molar-refractivity contribution >= 4 is 11.7 Å². The summed E-state index contributed by atoms with van der Waals surface area (Å²) in [6, 6.07) is 14.6. The third kappa shape index (κ3) is 4.87. The smallest absolute Gasteiger partial charge is 0.319 e. The fourth-order valence-electron chi connectivity index (χ4n) is 2.16. The number of aliphatic hydroxyl groups is 2. The van der Waals surface area contributed by atoms with E-state index in [4.69, 9.17) is 0 Å². The second-order valence-electron chi connectivity index (χ2n) is 4.97. The highest BCUT2D eigenvalue weighted by Gasteiger charge is 2.04. The quantitative estimate of drug-likeness (QED) is 0.659. The minimum atomic E-state index is -0.310. The van der Waals surface area contributed by atoms with E-state index >= 15 is 0 Å². The van der Waals surface area contributed by atoms with Gasteiger partial charge in [-0.05, 0) is 35.2 Å². The highest BCUT2D eigenvalue weighted by Crippen LogP contribution is 2.15. The number of benzene rings is 2. The third-order valence-corrected chi connectivity index (χ3v) is 3.22. The normalized spacial score (nSPS) is 10.3. The van der Waals surface area contributed by atoms with Crippen molar-refractivity contribution in [2.24, 2.45) is 0 Å². The molecule has 0 aliphatic carbocycles. The highest BCUT2D eigenvalue weighted by molar-refractivity contribution is 5.89. The van der Waals surface area contributed by atoms with Gasteiger partial charge in [-0.2, -0.15) is 0 Å².